The maximum atomic E-state index is 12.8. The second kappa shape index (κ2) is 8.02. The molecule has 0 radical (unpaired) electrons. The quantitative estimate of drug-likeness (QED) is 0.801. The number of carbonyl (C=O) groups is 1. The Morgan fingerprint density at radius 3 is 2.79 bits per heavy atom. The smallest absolute Gasteiger partial charge is 0.253 e. The lowest BCUT2D eigenvalue weighted by Crippen LogP contribution is -2.72. The van der Waals surface area contributed by atoms with Crippen molar-refractivity contribution in [3.63, 3.8) is 0 Å². The van der Waals surface area contributed by atoms with Gasteiger partial charge in [0.2, 0.25) is 0 Å². The van der Waals surface area contributed by atoms with E-state index in [1.165, 1.54) is 0 Å². The fourth-order valence-corrected chi connectivity index (χ4v) is 4.51. The third-order valence-electron chi connectivity index (χ3n) is 6.25. The average Bonchev–Trinajstić information content (AvgIpc) is 2.68. The van der Waals surface area contributed by atoms with Crippen molar-refractivity contribution in [2.75, 3.05) is 33.3 Å². The van der Waals surface area contributed by atoms with Crippen LogP contribution in [0.5, 0.6) is 0 Å². The average molecular weight is 380 g/mol. The molecule has 0 aliphatic carbocycles. The normalized spacial score (nSPS) is 21.5. The molecule has 2 aliphatic rings. The Morgan fingerprint density at radius 1 is 1.25 bits per heavy atom. The maximum Gasteiger partial charge on any atom is 0.253 e. The Kier molecular flexibility index (Phi) is 5.47. The Bertz CT molecular complexity index is 818. The van der Waals surface area contributed by atoms with Crippen LogP contribution >= 0.6 is 0 Å². The van der Waals surface area contributed by atoms with E-state index in [1.807, 2.05) is 48.2 Å². The van der Waals surface area contributed by atoms with E-state index in [2.05, 4.69) is 16.9 Å². The molecule has 5 heteroatoms. The summed E-state index contributed by atoms with van der Waals surface area (Å²) in [6.45, 7) is 6.15. The van der Waals surface area contributed by atoms with E-state index >= 15 is 0 Å². The van der Waals surface area contributed by atoms with Crippen molar-refractivity contribution in [1.82, 2.24) is 14.8 Å². The topological polar surface area (TPSA) is 45.7 Å². The summed E-state index contributed by atoms with van der Waals surface area (Å²) >= 11 is 0. The minimum Gasteiger partial charge on any atom is -0.376 e. The molecule has 148 valence electrons. The van der Waals surface area contributed by atoms with Crippen molar-refractivity contribution < 1.29 is 9.53 Å². The summed E-state index contributed by atoms with van der Waals surface area (Å²) in [5.41, 5.74) is 3.20. The van der Waals surface area contributed by atoms with Crippen LogP contribution in [0.4, 0.5) is 0 Å². The van der Waals surface area contributed by atoms with E-state index in [-0.39, 0.29) is 11.4 Å². The molecule has 4 rings (SSSR count). The second-order valence-electron chi connectivity index (χ2n) is 8.41. The number of nitrogens with zero attached hydrogens (tertiary/aromatic N) is 3. The van der Waals surface area contributed by atoms with Crippen LogP contribution in [0.2, 0.25) is 0 Å². The zero-order valence-electron chi connectivity index (χ0n) is 16.8. The van der Waals surface area contributed by atoms with Crippen LogP contribution in [0.3, 0.4) is 0 Å². The van der Waals surface area contributed by atoms with E-state index in [0.717, 1.165) is 55.8 Å². The van der Waals surface area contributed by atoms with Gasteiger partial charge >= 0.3 is 0 Å². The summed E-state index contributed by atoms with van der Waals surface area (Å²) in [6.07, 6.45) is 5.85. The minimum atomic E-state index is 0.114. The standard InChI is InChI=1S/C23H29N3O2/c1-18-4-3-5-21(12-18)22(27)26-16-23(17-26)13-20(8-11-25(23)2)15-28-14-19-6-9-24-10-7-19/h3-7,9-10,12,20H,8,11,13-17H2,1-2H3. The number of likely N-dealkylation sites (N-methyl/N-ethyl adjacent to an activating group) is 1. The Morgan fingerprint density at radius 2 is 2.04 bits per heavy atom. The van der Waals surface area contributed by atoms with Gasteiger partial charge in [-0.2, -0.15) is 0 Å². The monoisotopic (exact) mass is 379 g/mol. The van der Waals surface area contributed by atoms with Crippen LogP contribution in [-0.4, -0.2) is 59.5 Å². The second-order valence-corrected chi connectivity index (χ2v) is 8.41. The molecule has 0 bridgehead atoms. The highest BCUT2D eigenvalue weighted by Gasteiger charge is 2.50. The van der Waals surface area contributed by atoms with Crippen LogP contribution in [0.15, 0.2) is 48.8 Å². The zero-order valence-corrected chi connectivity index (χ0v) is 16.8. The van der Waals surface area contributed by atoms with Crippen LogP contribution in [-0.2, 0) is 11.3 Å². The number of ether oxygens (including phenoxy) is 1. The molecule has 2 aliphatic heterocycles. The molecule has 3 heterocycles. The van der Waals surface area contributed by atoms with Crippen molar-refractivity contribution in [3.8, 4) is 0 Å². The number of hydrogen-bond donors (Lipinski definition) is 0. The summed E-state index contributed by atoms with van der Waals surface area (Å²) in [6, 6.07) is 11.9. The predicted molar refractivity (Wildman–Crippen MR) is 109 cm³/mol. The molecule has 0 saturated carbocycles. The van der Waals surface area contributed by atoms with Crippen molar-refractivity contribution in [2.24, 2.45) is 5.92 Å². The number of hydrogen-bond acceptors (Lipinski definition) is 4. The van der Waals surface area contributed by atoms with Crippen molar-refractivity contribution in [3.05, 3.63) is 65.5 Å². The highest BCUT2D eigenvalue weighted by atomic mass is 16.5. The summed E-state index contributed by atoms with van der Waals surface area (Å²) in [5, 5.41) is 0. The minimum absolute atomic E-state index is 0.114. The first kappa shape index (κ1) is 19.1. The number of pyridine rings is 1. The lowest BCUT2D eigenvalue weighted by atomic mass is 9.75. The number of aryl methyl sites for hydroxylation is 1. The van der Waals surface area contributed by atoms with Gasteiger partial charge in [-0.1, -0.05) is 17.7 Å². The first-order valence-electron chi connectivity index (χ1n) is 10.1. The summed E-state index contributed by atoms with van der Waals surface area (Å²) < 4.78 is 5.99. The molecular weight excluding hydrogens is 350 g/mol. The molecule has 0 N–H and O–H groups in total. The van der Waals surface area contributed by atoms with Gasteiger partial charge in [0.05, 0.1) is 12.1 Å². The molecule has 2 aromatic rings. The SMILES string of the molecule is Cc1cccc(C(=O)N2CC3(CC(COCc4ccncc4)CCN3C)C2)c1. The molecule has 1 spiro atoms. The van der Waals surface area contributed by atoms with Crippen molar-refractivity contribution in [1.29, 1.82) is 0 Å². The van der Waals surface area contributed by atoms with E-state index in [4.69, 9.17) is 4.74 Å². The Labute approximate surface area is 167 Å². The van der Waals surface area contributed by atoms with E-state index < -0.39 is 0 Å². The van der Waals surface area contributed by atoms with Gasteiger partial charge in [0.1, 0.15) is 0 Å². The molecule has 28 heavy (non-hydrogen) atoms. The fraction of sp³-hybridized carbons (Fsp3) is 0.478. The number of carbonyl (C=O) groups excluding carboxylic acids is 1. The van der Waals surface area contributed by atoms with Gasteiger partial charge in [-0.15, -0.1) is 0 Å². The van der Waals surface area contributed by atoms with Gasteiger partial charge in [-0.25, -0.2) is 0 Å². The summed E-state index contributed by atoms with van der Waals surface area (Å²) in [7, 11) is 2.20. The van der Waals surface area contributed by atoms with Gasteiger partial charge in [0.25, 0.3) is 5.91 Å². The summed E-state index contributed by atoms with van der Waals surface area (Å²) in [5.74, 6) is 0.702. The van der Waals surface area contributed by atoms with Gasteiger partial charge in [-0.3, -0.25) is 14.7 Å². The summed E-state index contributed by atoms with van der Waals surface area (Å²) in [4.78, 5) is 21.3. The first-order chi connectivity index (χ1) is 13.6. The van der Waals surface area contributed by atoms with Crippen LogP contribution in [0, 0.1) is 12.8 Å². The molecule has 1 aromatic heterocycles. The van der Waals surface area contributed by atoms with Crippen LogP contribution in [0.1, 0.15) is 34.3 Å². The number of piperidine rings is 1. The molecule has 5 nitrogen and oxygen atoms in total. The highest BCUT2D eigenvalue weighted by molar-refractivity contribution is 5.95. The molecular formula is C23H29N3O2. The van der Waals surface area contributed by atoms with E-state index in [0.29, 0.717) is 12.5 Å². The molecule has 1 unspecified atom stereocenters. The van der Waals surface area contributed by atoms with Gasteiger partial charge in [0.15, 0.2) is 0 Å². The lowest BCUT2D eigenvalue weighted by molar-refractivity contribution is -0.0768. The number of rotatable bonds is 5. The number of aromatic nitrogens is 1. The Balaban J connectivity index is 1.31. The van der Waals surface area contributed by atoms with Crippen LogP contribution in [0.25, 0.3) is 0 Å². The fourth-order valence-electron chi connectivity index (χ4n) is 4.51. The lowest BCUT2D eigenvalue weighted by Gasteiger charge is -2.58. The van der Waals surface area contributed by atoms with E-state index in [1.54, 1.807) is 12.4 Å². The number of amides is 1. The molecule has 2 saturated heterocycles. The molecule has 2 fully saturated rings. The number of likely N-dealkylation sites (tertiary alicyclic amines) is 2. The third kappa shape index (κ3) is 3.96. The van der Waals surface area contributed by atoms with Crippen molar-refractivity contribution >= 4 is 5.91 Å². The largest absolute Gasteiger partial charge is 0.376 e. The number of benzene rings is 1. The van der Waals surface area contributed by atoms with E-state index in [9.17, 15) is 4.79 Å². The van der Waals surface area contributed by atoms with Crippen molar-refractivity contribution in [2.45, 2.75) is 31.9 Å². The molecule has 1 aromatic carbocycles. The molecule has 1 atom stereocenters. The first-order valence-corrected chi connectivity index (χ1v) is 10.1. The third-order valence-corrected chi connectivity index (χ3v) is 6.25. The highest BCUT2D eigenvalue weighted by Crippen LogP contribution is 2.39. The van der Waals surface area contributed by atoms with Gasteiger partial charge in [0, 0.05) is 37.7 Å². The Hall–Kier alpha value is -2.24. The van der Waals surface area contributed by atoms with Gasteiger partial charge < -0.3 is 9.64 Å². The van der Waals surface area contributed by atoms with Crippen LogP contribution < -0.4 is 0 Å². The predicted octanol–water partition coefficient (Wildman–Crippen LogP) is 3.14. The zero-order chi connectivity index (χ0) is 19.6. The van der Waals surface area contributed by atoms with Gasteiger partial charge in [-0.05, 0) is 69.1 Å². The molecule has 1 amide bonds. The maximum absolute atomic E-state index is 12.8.